The molecule has 1 aliphatic rings. The maximum Gasteiger partial charge on any atom is 0.136 e. The van der Waals surface area contributed by atoms with Crippen molar-refractivity contribution in [1.82, 2.24) is 15.0 Å². The van der Waals surface area contributed by atoms with Gasteiger partial charge in [0.2, 0.25) is 0 Å². The summed E-state index contributed by atoms with van der Waals surface area (Å²) in [7, 11) is 1.88. The van der Waals surface area contributed by atoms with Crippen LogP contribution < -0.4 is 10.6 Å². The van der Waals surface area contributed by atoms with Crippen molar-refractivity contribution in [2.75, 3.05) is 17.7 Å². The summed E-state index contributed by atoms with van der Waals surface area (Å²) in [6.45, 7) is 0.720. The van der Waals surface area contributed by atoms with Gasteiger partial charge in [0.15, 0.2) is 0 Å². The van der Waals surface area contributed by atoms with Gasteiger partial charge >= 0.3 is 0 Å². The van der Waals surface area contributed by atoms with Crippen molar-refractivity contribution >= 4 is 11.6 Å². The summed E-state index contributed by atoms with van der Waals surface area (Å²) in [6, 6.07) is 5.91. The maximum absolute atomic E-state index is 4.58. The standard InChI is InChI=1S/C14H17N5/c1-15-12-7-13(19-14(18-12)11-4-5-11)17-9-10-3-2-6-16-8-10/h2-3,6-8,11H,4-5,9H2,1H3,(H2,15,17,18,19). The molecule has 2 heterocycles. The molecule has 98 valence electrons. The number of hydrogen-bond donors (Lipinski definition) is 2. The molecule has 0 radical (unpaired) electrons. The number of nitrogens with zero attached hydrogens (tertiary/aromatic N) is 3. The van der Waals surface area contributed by atoms with E-state index in [2.05, 4.69) is 25.6 Å². The van der Waals surface area contributed by atoms with Crippen molar-refractivity contribution in [3.05, 3.63) is 42.0 Å². The molecule has 1 fully saturated rings. The van der Waals surface area contributed by atoms with Crippen LogP contribution in [-0.2, 0) is 6.54 Å². The third kappa shape index (κ3) is 2.99. The third-order valence-corrected chi connectivity index (χ3v) is 3.14. The Labute approximate surface area is 112 Å². The predicted molar refractivity (Wildman–Crippen MR) is 75.1 cm³/mol. The summed E-state index contributed by atoms with van der Waals surface area (Å²) < 4.78 is 0. The highest BCUT2D eigenvalue weighted by Gasteiger charge is 2.27. The quantitative estimate of drug-likeness (QED) is 0.859. The van der Waals surface area contributed by atoms with E-state index in [0.717, 1.165) is 29.6 Å². The SMILES string of the molecule is CNc1cc(NCc2cccnc2)nc(C2CC2)n1. The average Bonchev–Trinajstić information content (AvgIpc) is 3.30. The molecule has 2 N–H and O–H groups in total. The van der Waals surface area contributed by atoms with Crippen LogP contribution in [0.15, 0.2) is 30.6 Å². The molecule has 2 aromatic heterocycles. The highest BCUT2D eigenvalue weighted by molar-refractivity contribution is 5.48. The number of anilines is 2. The number of hydrogen-bond acceptors (Lipinski definition) is 5. The van der Waals surface area contributed by atoms with Gasteiger partial charge in [-0.3, -0.25) is 4.98 Å². The molecular formula is C14H17N5. The van der Waals surface area contributed by atoms with Crippen LogP contribution >= 0.6 is 0 Å². The summed E-state index contributed by atoms with van der Waals surface area (Å²) in [5.74, 6) is 3.23. The van der Waals surface area contributed by atoms with Gasteiger partial charge in [0, 0.05) is 38.0 Å². The molecule has 0 unspecified atom stereocenters. The van der Waals surface area contributed by atoms with Crippen molar-refractivity contribution in [2.24, 2.45) is 0 Å². The summed E-state index contributed by atoms with van der Waals surface area (Å²) in [6.07, 6.45) is 6.04. The van der Waals surface area contributed by atoms with E-state index in [1.807, 2.05) is 31.4 Å². The minimum atomic E-state index is 0.548. The van der Waals surface area contributed by atoms with Crippen LogP contribution in [0, 0.1) is 0 Å². The van der Waals surface area contributed by atoms with E-state index in [1.54, 1.807) is 6.20 Å². The lowest BCUT2D eigenvalue weighted by molar-refractivity contribution is 0.922. The number of nitrogens with one attached hydrogen (secondary N) is 2. The van der Waals surface area contributed by atoms with Gasteiger partial charge in [-0.1, -0.05) is 6.07 Å². The van der Waals surface area contributed by atoms with E-state index >= 15 is 0 Å². The van der Waals surface area contributed by atoms with E-state index in [1.165, 1.54) is 12.8 Å². The molecule has 0 amide bonds. The molecule has 0 saturated heterocycles. The van der Waals surface area contributed by atoms with Crippen molar-refractivity contribution < 1.29 is 0 Å². The van der Waals surface area contributed by atoms with Crippen LogP contribution in [-0.4, -0.2) is 22.0 Å². The van der Waals surface area contributed by atoms with Gasteiger partial charge in [-0.25, -0.2) is 9.97 Å². The topological polar surface area (TPSA) is 62.7 Å². The molecule has 0 aliphatic heterocycles. The Morgan fingerprint density at radius 3 is 2.79 bits per heavy atom. The van der Waals surface area contributed by atoms with Gasteiger partial charge < -0.3 is 10.6 Å². The molecule has 5 nitrogen and oxygen atoms in total. The molecule has 2 aromatic rings. The highest BCUT2D eigenvalue weighted by Crippen LogP contribution is 2.38. The fourth-order valence-corrected chi connectivity index (χ4v) is 1.90. The fourth-order valence-electron chi connectivity index (χ4n) is 1.90. The van der Waals surface area contributed by atoms with Crippen LogP contribution in [0.25, 0.3) is 0 Å². The molecule has 0 atom stereocenters. The zero-order valence-corrected chi connectivity index (χ0v) is 10.9. The van der Waals surface area contributed by atoms with E-state index in [4.69, 9.17) is 0 Å². The first-order valence-electron chi connectivity index (χ1n) is 6.54. The minimum Gasteiger partial charge on any atom is -0.373 e. The first-order chi connectivity index (χ1) is 9.35. The molecule has 19 heavy (non-hydrogen) atoms. The molecular weight excluding hydrogens is 238 g/mol. The van der Waals surface area contributed by atoms with Crippen LogP contribution in [0.3, 0.4) is 0 Å². The summed E-state index contributed by atoms with van der Waals surface area (Å²) >= 11 is 0. The van der Waals surface area contributed by atoms with Gasteiger partial charge in [0.1, 0.15) is 17.5 Å². The second kappa shape index (κ2) is 5.22. The number of aromatic nitrogens is 3. The lowest BCUT2D eigenvalue weighted by Crippen LogP contribution is -2.06. The van der Waals surface area contributed by atoms with E-state index in [-0.39, 0.29) is 0 Å². The van der Waals surface area contributed by atoms with Gasteiger partial charge in [-0.15, -0.1) is 0 Å². The van der Waals surface area contributed by atoms with E-state index in [0.29, 0.717) is 5.92 Å². The Balaban J connectivity index is 1.74. The lowest BCUT2D eigenvalue weighted by Gasteiger charge is -2.09. The second-order valence-corrected chi connectivity index (χ2v) is 4.74. The van der Waals surface area contributed by atoms with Crippen LogP contribution in [0.4, 0.5) is 11.6 Å². The smallest absolute Gasteiger partial charge is 0.136 e. The molecule has 0 aromatic carbocycles. The molecule has 5 heteroatoms. The van der Waals surface area contributed by atoms with Crippen molar-refractivity contribution in [2.45, 2.75) is 25.3 Å². The Morgan fingerprint density at radius 2 is 2.11 bits per heavy atom. The first-order valence-corrected chi connectivity index (χ1v) is 6.54. The summed E-state index contributed by atoms with van der Waals surface area (Å²) in [4.78, 5) is 13.2. The van der Waals surface area contributed by atoms with Crippen molar-refractivity contribution in [1.29, 1.82) is 0 Å². The van der Waals surface area contributed by atoms with Gasteiger partial charge in [0.25, 0.3) is 0 Å². The summed E-state index contributed by atoms with van der Waals surface area (Å²) in [5, 5.41) is 6.41. The number of pyridine rings is 1. The van der Waals surface area contributed by atoms with Crippen LogP contribution in [0.2, 0.25) is 0 Å². The Kier molecular flexibility index (Phi) is 3.27. The minimum absolute atomic E-state index is 0.548. The van der Waals surface area contributed by atoms with Gasteiger partial charge in [-0.2, -0.15) is 0 Å². The van der Waals surface area contributed by atoms with Crippen LogP contribution in [0.1, 0.15) is 30.1 Å². The van der Waals surface area contributed by atoms with Gasteiger partial charge in [-0.05, 0) is 24.5 Å². The Bertz CT molecular complexity index is 551. The van der Waals surface area contributed by atoms with E-state index < -0.39 is 0 Å². The average molecular weight is 255 g/mol. The Morgan fingerprint density at radius 1 is 1.26 bits per heavy atom. The van der Waals surface area contributed by atoms with Crippen molar-refractivity contribution in [3.8, 4) is 0 Å². The number of rotatable bonds is 5. The van der Waals surface area contributed by atoms with Gasteiger partial charge in [0.05, 0.1) is 0 Å². The zero-order valence-electron chi connectivity index (χ0n) is 10.9. The normalized spacial score (nSPS) is 14.2. The van der Waals surface area contributed by atoms with Crippen LogP contribution in [0.5, 0.6) is 0 Å². The lowest BCUT2D eigenvalue weighted by atomic mass is 10.3. The first kappa shape index (κ1) is 11.9. The molecule has 3 rings (SSSR count). The third-order valence-electron chi connectivity index (χ3n) is 3.14. The van der Waals surface area contributed by atoms with E-state index in [9.17, 15) is 0 Å². The second-order valence-electron chi connectivity index (χ2n) is 4.74. The molecule has 0 bridgehead atoms. The van der Waals surface area contributed by atoms with Crippen molar-refractivity contribution in [3.63, 3.8) is 0 Å². The summed E-state index contributed by atoms with van der Waals surface area (Å²) in [5.41, 5.74) is 1.14. The zero-order chi connectivity index (χ0) is 13.1. The molecule has 0 spiro atoms. The Hall–Kier alpha value is -2.17. The fraction of sp³-hybridized carbons (Fsp3) is 0.357. The maximum atomic E-state index is 4.58. The molecule has 1 aliphatic carbocycles. The molecule has 1 saturated carbocycles. The largest absolute Gasteiger partial charge is 0.373 e. The predicted octanol–water partition coefficient (Wildman–Crippen LogP) is 2.40. The monoisotopic (exact) mass is 255 g/mol. The highest BCUT2D eigenvalue weighted by atomic mass is 15.1.